The molecule has 0 aliphatic heterocycles. The van der Waals surface area contributed by atoms with Crippen molar-refractivity contribution in [1.29, 1.82) is 0 Å². The average molecular weight is 341 g/mol. The Morgan fingerprint density at radius 1 is 1.25 bits per heavy atom. The third kappa shape index (κ3) is 2.78. The lowest BCUT2D eigenvalue weighted by Crippen LogP contribution is -2.15. The van der Waals surface area contributed by atoms with Gasteiger partial charge in [0.2, 0.25) is 0 Å². The van der Waals surface area contributed by atoms with Gasteiger partial charge in [0.1, 0.15) is 16.4 Å². The van der Waals surface area contributed by atoms with E-state index in [2.05, 4.69) is 15.3 Å². The van der Waals surface area contributed by atoms with Crippen LogP contribution < -0.4 is 15.6 Å². The quantitative estimate of drug-likeness (QED) is 0.762. The first kappa shape index (κ1) is 15.2. The van der Waals surface area contributed by atoms with E-state index in [1.54, 1.807) is 18.4 Å². The largest absolute Gasteiger partial charge is 0.497 e. The van der Waals surface area contributed by atoms with Crippen molar-refractivity contribution in [3.05, 3.63) is 50.9 Å². The molecule has 0 amide bonds. The zero-order valence-corrected chi connectivity index (χ0v) is 14.3. The fourth-order valence-corrected chi connectivity index (χ4v) is 4.47. The normalized spacial score (nSPS) is 13.7. The molecule has 1 aliphatic carbocycles. The first-order valence-corrected chi connectivity index (χ1v) is 8.97. The second-order valence-corrected chi connectivity index (χ2v) is 7.07. The lowest BCUT2D eigenvalue weighted by molar-refractivity contribution is 0.415. The number of benzene rings is 1. The molecule has 24 heavy (non-hydrogen) atoms. The van der Waals surface area contributed by atoms with Gasteiger partial charge < -0.3 is 15.0 Å². The third-order valence-corrected chi connectivity index (χ3v) is 5.61. The van der Waals surface area contributed by atoms with E-state index in [1.165, 1.54) is 23.3 Å². The maximum absolute atomic E-state index is 12.5. The second kappa shape index (κ2) is 6.28. The molecule has 1 aromatic carbocycles. The van der Waals surface area contributed by atoms with Crippen LogP contribution in [0.5, 0.6) is 5.75 Å². The molecule has 0 saturated heterocycles. The zero-order chi connectivity index (χ0) is 16.5. The van der Waals surface area contributed by atoms with Crippen LogP contribution in [-0.4, -0.2) is 17.1 Å². The number of H-pyrrole nitrogens is 1. The van der Waals surface area contributed by atoms with E-state index in [9.17, 15) is 4.79 Å². The maximum Gasteiger partial charge on any atom is 0.259 e. The summed E-state index contributed by atoms with van der Waals surface area (Å²) < 4.78 is 5.15. The molecule has 0 saturated carbocycles. The smallest absolute Gasteiger partial charge is 0.259 e. The Hall–Kier alpha value is -2.34. The molecule has 2 aromatic heterocycles. The molecule has 0 radical (unpaired) electrons. The number of ether oxygens (including phenoxy) is 1. The van der Waals surface area contributed by atoms with Crippen LogP contribution >= 0.6 is 11.3 Å². The number of rotatable bonds is 4. The molecule has 0 bridgehead atoms. The second-order valence-electron chi connectivity index (χ2n) is 5.99. The molecule has 6 heteroatoms. The lowest BCUT2D eigenvalue weighted by atomic mass is 9.97. The summed E-state index contributed by atoms with van der Waals surface area (Å²) in [6, 6.07) is 7.68. The van der Waals surface area contributed by atoms with Gasteiger partial charge >= 0.3 is 0 Å². The van der Waals surface area contributed by atoms with Crippen LogP contribution in [0.25, 0.3) is 10.2 Å². The van der Waals surface area contributed by atoms with Crippen molar-refractivity contribution in [3.63, 3.8) is 0 Å². The summed E-state index contributed by atoms with van der Waals surface area (Å²) in [7, 11) is 1.65. The highest BCUT2D eigenvalue weighted by Gasteiger charge is 2.19. The van der Waals surface area contributed by atoms with Crippen LogP contribution in [0.4, 0.5) is 5.69 Å². The number of methoxy groups -OCH3 is 1. The predicted octanol–water partition coefficient (Wildman–Crippen LogP) is 3.48. The summed E-state index contributed by atoms with van der Waals surface area (Å²) in [6.07, 6.45) is 4.46. The first-order valence-electron chi connectivity index (χ1n) is 8.16. The van der Waals surface area contributed by atoms with E-state index < -0.39 is 0 Å². The molecule has 4 rings (SSSR count). The average Bonchev–Trinajstić information content (AvgIpc) is 2.99. The van der Waals surface area contributed by atoms with Crippen molar-refractivity contribution in [1.82, 2.24) is 9.97 Å². The summed E-state index contributed by atoms with van der Waals surface area (Å²) in [5.74, 6) is 1.49. The number of aromatic nitrogens is 2. The van der Waals surface area contributed by atoms with Gasteiger partial charge in [0.25, 0.3) is 5.56 Å². The predicted molar refractivity (Wildman–Crippen MR) is 97.2 cm³/mol. The van der Waals surface area contributed by atoms with E-state index in [4.69, 9.17) is 4.74 Å². The fourth-order valence-electron chi connectivity index (χ4n) is 3.19. The Morgan fingerprint density at radius 2 is 2.04 bits per heavy atom. The van der Waals surface area contributed by atoms with E-state index >= 15 is 0 Å². The van der Waals surface area contributed by atoms with Crippen LogP contribution in [0, 0.1) is 0 Å². The molecule has 124 valence electrons. The minimum absolute atomic E-state index is 0.00840. The van der Waals surface area contributed by atoms with Crippen molar-refractivity contribution >= 4 is 27.2 Å². The minimum Gasteiger partial charge on any atom is -0.497 e. The Labute approximate surface area is 143 Å². The molecular weight excluding hydrogens is 322 g/mol. The Morgan fingerprint density at radius 3 is 2.83 bits per heavy atom. The molecular formula is C18H19N3O2S. The van der Waals surface area contributed by atoms with Crippen LogP contribution in [0.1, 0.15) is 29.1 Å². The molecule has 1 aliphatic rings. The van der Waals surface area contributed by atoms with Crippen LogP contribution in [0.3, 0.4) is 0 Å². The van der Waals surface area contributed by atoms with Gasteiger partial charge in [-0.05, 0) is 55.5 Å². The standard InChI is InChI=1S/C18H19N3O2S/c1-23-12-8-6-11(7-9-12)19-10-15-20-17(22)16-13-4-2-3-5-14(13)24-18(16)21-15/h6-9,19H,2-5,10H2,1H3,(H,20,21,22). The summed E-state index contributed by atoms with van der Waals surface area (Å²) in [4.78, 5) is 22.3. The molecule has 2 heterocycles. The van der Waals surface area contributed by atoms with Crippen LogP contribution in [0.15, 0.2) is 29.1 Å². The summed E-state index contributed by atoms with van der Waals surface area (Å²) >= 11 is 1.68. The van der Waals surface area contributed by atoms with E-state index in [0.717, 1.165) is 34.5 Å². The third-order valence-electron chi connectivity index (χ3n) is 4.42. The molecule has 0 atom stereocenters. The Kier molecular flexibility index (Phi) is 3.98. The van der Waals surface area contributed by atoms with Gasteiger partial charge in [-0.15, -0.1) is 11.3 Å². The molecule has 0 unspecified atom stereocenters. The van der Waals surface area contributed by atoms with Crippen LogP contribution in [0.2, 0.25) is 0 Å². The van der Waals surface area contributed by atoms with Gasteiger partial charge in [-0.25, -0.2) is 4.98 Å². The first-order chi connectivity index (χ1) is 11.7. The molecule has 0 spiro atoms. The fraction of sp³-hybridized carbons (Fsp3) is 0.333. The number of thiophene rings is 1. The van der Waals surface area contributed by atoms with Gasteiger partial charge in [0, 0.05) is 10.6 Å². The Balaban J connectivity index is 1.59. The number of nitrogens with one attached hydrogen (secondary N) is 2. The lowest BCUT2D eigenvalue weighted by Gasteiger charge is -2.09. The highest BCUT2D eigenvalue weighted by Crippen LogP contribution is 2.33. The molecule has 0 fully saturated rings. The van der Waals surface area contributed by atoms with E-state index in [1.807, 2.05) is 24.3 Å². The number of hydrogen-bond acceptors (Lipinski definition) is 5. The van der Waals surface area contributed by atoms with Gasteiger partial charge in [-0.2, -0.15) is 0 Å². The SMILES string of the molecule is COc1ccc(NCc2nc3sc4c(c3c(=O)[nH]2)CCCC4)cc1. The monoisotopic (exact) mass is 341 g/mol. The van der Waals surface area contributed by atoms with Crippen molar-refractivity contribution in [2.24, 2.45) is 0 Å². The maximum atomic E-state index is 12.5. The molecule has 3 aromatic rings. The van der Waals surface area contributed by atoms with Crippen molar-refractivity contribution < 1.29 is 4.74 Å². The Bertz CT molecular complexity index is 928. The van der Waals surface area contributed by atoms with Gasteiger partial charge in [-0.1, -0.05) is 0 Å². The summed E-state index contributed by atoms with van der Waals surface area (Å²) in [6.45, 7) is 0.486. The number of aromatic amines is 1. The zero-order valence-electron chi connectivity index (χ0n) is 13.5. The summed E-state index contributed by atoms with van der Waals surface area (Å²) in [5, 5.41) is 4.09. The highest BCUT2D eigenvalue weighted by atomic mass is 32.1. The highest BCUT2D eigenvalue weighted by molar-refractivity contribution is 7.18. The number of anilines is 1. The number of hydrogen-bond donors (Lipinski definition) is 2. The number of nitrogens with zero attached hydrogens (tertiary/aromatic N) is 1. The van der Waals surface area contributed by atoms with Crippen molar-refractivity contribution in [2.75, 3.05) is 12.4 Å². The van der Waals surface area contributed by atoms with E-state index in [-0.39, 0.29) is 5.56 Å². The topological polar surface area (TPSA) is 67.0 Å². The van der Waals surface area contributed by atoms with Crippen LogP contribution in [-0.2, 0) is 19.4 Å². The summed E-state index contributed by atoms with van der Waals surface area (Å²) in [5.41, 5.74) is 2.18. The van der Waals surface area contributed by atoms with Gasteiger partial charge in [0.05, 0.1) is 19.0 Å². The molecule has 5 nitrogen and oxygen atoms in total. The van der Waals surface area contributed by atoms with Crippen molar-refractivity contribution in [3.8, 4) is 5.75 Å². The number of aryl methyl sites for hydroxylation is 2. The van der Waals surface area contributed by atoms with Crippen molar-refractivity contribution in [2.45, 2.75) is 32.2 Å². The molecule has 2 N–H and O–H groups in total. The number of fused-ring (bicyclic) bond motifs is 3. The van der Waals surface area contributed by atoms with E-state index in [0.29, 0.717) is 12.4 Å². The van der Waals surface area contributed by atoms with Gasteiger partial charge in [0.15, 0.2) is 0 Å². The van der Waals surface area contributed by atoms with Gasteiger partial charge in [-0.3, -0.25) is 4.79 Å². The minimum atomic E-state index is -0.00840.